The van der Waals surface area contributed by atoms with E-state index in [1.165, 1.54) is 11.1 Å². The third-order valence-electron chi connectivity index (χ3n) is 5.85. The van der Waals surface area contributed by atoms with Crippen molar-refractivity contribution in [1.29, 1.82) is 0 Å². The Balaban J connectivity index is 1.16. The van der Waals surface area contributed by atoms with Crippen LogP contribution in [0.3, 0.4) is 0 Å². The fraction of sp³-hybridized carbons (Fsp3) is 0.333. The van der Waals surface area contributed by atoms with Gasteiger partial charge < -0.3 is 15.0 Å². The molecule has 1 aromatic heterocycles. The number of carbonyl (C=O) groups excluding carboxylic acids is 1. The van der Waals surface area contributed by atoms with Crippen molar-refractivity contribution in [2.75, 3.05) is 38.1 Å². The molecular formula is C27H32N4O2. The van der Waals surface area contributed by atoms with Gasteiger partial charge >= 0.3 is 6.03 Å². The molecule has 1 saturated heterocycles. The molecule has 6 heteroatoms. The van der Waals surface area contributed by atoms with Crippen molar-refractivity contribution in [1.82, 2.24) is 14.8 Å². The molecule has 2 amide bonds. The quantitative estimate of drug-likeness (QED) is 0.480. The second-order valence-electron chi connectivity index (χ2n) is 8.37. The molecular weight excluding hydrogens is 412 g/mol. The number of benzene rings is 2. The van der Waals surface area contributed by atoms with Crippen molar-refractivity contribution >= 4 is 11.7 Å². The second-order valence-corrected chi connectivity index (χ2v) is 8.37. The van der Waals surface area contributed by atoms with Gasteiger partial charge in [-0.05, 0) is 54.7 Å². The average Bonchev–Trinajstić information content (AvgIpc) is 2.86. The van der Waals surface area contributed by atoms with Crippen LogP contribution < -0.4 is 10.1 Å². The van der Waals surface area contributed by atoms with Gasteiger partial charge in [-0.2, -0.15) is 0 Å². The van der Waals surface area contributed by atoms with E-state index in [-0.39, 0.29) is 6.03 Å². The number of hydrogen-bond donors (Lipinski definition) is 1. The van der Waals surface area contributed by atoms with Gasteiger partial charge in [0.1, 0.15) is 5.75 Å². The molecule has 1 aliphatic heterocycles. The van der Waals surface area contributed by atoms with Gasteiger partial charge in [0.25, 0.3) is 0 Å². The summed E-state index contributed by atoms with van der Waals surface area (Å²) in [6.45, 7) is 4.73. The number of hydrogen-bond acceptors (Lipinski definition) is 4. The highest BCUT2D eigenvalue weighted by Crippen LogP contribution is 2.17. The summed E-state index contributed by atoms with van der Waals surface area (Å²) in [6, 6.07) is 22.6. The number of anilines is 1. The highest BCUT2D eigenvalue weighted by Gasteiger charge is 2.21. The maximum absolute atomic E-state index is 12.5. The normalized spacial score (nSPS) is 14.1. The van der Waals surface area contributed by atoms with E-state index in [9.17, 15) is 4.79 Å². The third-order valence-corrected chi connectivity index (χ3v) is 5.85. The minimum atomic E-state index is -0.0645. The average molecular weight is 445 g/mol. The molecule has 0 atom stereocenters. The van der Waals surface area contributed by atoms with Crippen molar-refractivity contribution in [3.05, 3.63) is 90.3 Å². The lowest BCUT2D eigenvalue weighted by atomic mass is 10.1. The Kier molecular flexibility index (Phi) is 8.30. The largest absolute Gasteiger partial charge is 0.494 e. The summed E-state index contributed by atoms with van der Waals surface area (Å²) in [4.78, 5) is 20.7. The van der Waals surface area contributed by atoms with Crippen LogP contribution in [0.5, 0.6) is 5.75 Å². The molecule has 1 fully saturated rings. The molecule has 6 nitrogen and oxygen atoms in total. The Morgan fingerprint density at radius 3 is 2.52 bits per heavy atom. The van der Waals surface area contributed by atoms with Crippen LogP contribution in [-0.2, 0) is 13.0 Å². The Morgan fingerprint density at radius 2 is 1.73 bits per heavy atom. The van der Waals surface area contributed by atoms with Crippen LogP contribution >= 0.6 is 0 Å². The van der Waals surface area contributed by atoms with Gasteiger partial charge in [0.15, 0.2) is 0 Å². The standard InChI is InChI=1S/C27H32N4O2/c32-27(29-25-12-7-14-28-21-25)31-17-15-30(16-18-31)22-24-11-6-13-26(20-24)33-19-5-4-10-23-8-2-1-3-9-23/h1-3,6-9,11-14,20-21H,4-5,10,15-19,22H2,(H,29,32). The van der Waals surface area contributed by atoms with E-state index in [1.807, 2.05) is 23.1 Å². The first-order valence-corrected chi connectivity index (χ1v) is 11.7. The summed E-state index contributed by atoms with van der Waals surface area (Å²) in [6.07, 6.45) is 6.62. The first kappa shape index (κ1) is 22.8. The first-order chi connectivity index (χ1) is 16.3. The van der Waals surface area contributed by atoms with Gasteiger partial charge in [-0.25, -0.2) is 4.79 Å². The number of rotatable bonds is 9. The van der Waals surface area contributed by atoms with Crippen molar-refractivity contribution in [2.45, 2.75) is 25.8 Å². The predicted octanol–water partition coefficient (Wildman–Crippen LogP) is 4.83. The van der Waals surface area contributed by atoms with E-state index in [4.69, 9.17) is 4.74 Å². The maximum atomic E-state index is 12.5. The Labute approximate surface area is 196 Å². The summed E-state index contributed by atoms with van der Waals surface area (Å²) in [7, 11) is 0. The van der Waals surface area contributed by atoms with E-state index < -0.39 is 0 Å². The molecule has 0 bridgehead atoms. The number of nitrogens with one attached hydrogen (secondary N) is 1. The summed E-state index contributed by atoms with van der Waals surface area (Å²) in [5, 5.41) is 2.91. The fourth-order valence-corrected chi connectivity index (χ4v) is 4.01. The molecule has 0 radical (unpaired) electrons. The highest BCUT2D eigenvalue weighted by atomic mass is 16.5. The molecule has 172 valence electrons. The highest BCUT2D eigenvalue weighted by molar-refractivity contribution is 5.89. The Bertz CT molecular complexity index is 989. The van der Waals surface area contributed by atoms with Gasteiger partial charge in [0.05, 0.1) is 18.5 Å². The molecule has 2 aromatic carbocycles. The number of urea groups is 1. The number of carbonyl (C=O) groups is 1. The Morgan fingerprint density at radius 1 is 0.909 bits per heavy atom. The van der Waals surface area contributed by atoms with Crippen LogP contribution in [0, 0.1) is 0 Å². The van der Waals surface area contributed by atoms with Crippen LogP contribution in [0.15, 0.2) is 79.1 Å². The van der Waals surface area contributed by atoms with Crippen LogP contribution in [0.4, 0.5) is 10.5 Å². The van der Waals surface area contributed by atoms with Crippen LogP contribution in [-0.4, -0.2) is 53.6 Å². The summed E-state index contributed by atoms with van der Waals surface area (Å²) in [5.74, 6) is 0.932. The topological polar surface area (TPSA) is 57.7 Å². The summed E-state index contributed by atoms with van der Waals surface area (Å²) < 4.78 is 5.99. The molecule has 2 heterocycles. The number of nitrogens with zero attached hydrogens (tertiary/aromatic N) is 3. The number of ether oxygens (including phenoxy) is 1. The number of aromatic nitrogens is 1. The third kappa shape index (κ3) is 7.32. The molecule has 0 aliphatic carbocycles. The zero-order valence-electron chi connectivity index (χ0n) is 19.0. The lowest BCUT2D eigenvalue weighted by molar-refractivity contribution is 0.143. The molecule has 0 saturated carbocycles. The van der Waals surface area contributed by atoms with E-state index in [1.54, 1.807) is 12.4 Å². The lowest BCUT2D eigenvalue weighted by Crippen LogP contribution is -2.49. The van der Waals surface area contributed by atoms with E-state index >= 15 is 0 Å². The van der Waals surface area contributed by atoms with Gasteiger partial charge in [-0.15, -0.1) is 0 Å². The first-order valence-electron chi connectivity index (χ1n) is 11.7. The van der Waals surface area contributed by atoms with Crippen molar-refractivity contribution in [3.63, 3.8) is 0 Å². The number of pyridine rings is 1. The van der Waals surface area contributed by atoms with E-state index in [2.05, 4.69) is 63.7 Å². The predicted molar refractivity (Wildman–Crippen MR) is 131 cm³/mol. The number of aryl methyl sites for hydroxylation is 1. The number of amides is 2. The van der Waals surface area contributed by atoms with Crippen molar-refractivity contribution in [3.8, 4) is 5.75 Å². The van der Waals surface area contributed by atoms with Crippen molar-refractivity contribution in [2.24, 2.45) is 0 Å². The molecule has 1 N–H and O–H groups in total. The molecule has 3 aromatic rings. The second kappa shape index (κ2) is 12.0. The maximum Gasteiger partial charge on any atom is 0.321 e. The summed E-state index contributed by atoms with van der Waals surface area (Å²) >= 11 is 0. The van der Waals surface area contributed by atoms with E-state index in [0.717, 1.165) is 56.9 Å². The smallest absolute Gasteiger partial charge is 0.321 e. The minimum absolute atomic E-state index is 0.0645. The number of unbranched alkanes of at least 4 members (excludes halogenated alkanes) is 1. The minimum Gasteiger partial charge on any atom is -0.494 e. The Hall–Kier alpha value is -3.38. The fourth-order valence-electron chi connectivity index (χ4n) is 4.01. The molecule has 33 heavy (non-hydrogen) atoms. The SMILES string of the molecule is O=C(Nc1cccnc1)N1CCN(Cc2cccc(OCCCCc3ccccc3)c2)CC1. The van der Waals surface area contributed by atoms with Crippen LogP contribution in [0.1, 0.15) is 24.0 Å². The molecule has 0 unspecified atom stereocenters. The van der Waals surface area contributed by atoms with Gasteiger partial charge in [0, 0.05) is 38.9 Å². The molecule has 0 spiro atoms. The lowest BCUT2D eigenvalue weighted by Gasteiger charge is -2.34. The van der Waals surface area contributed by atoms with Gasteiger partial charge in [-0.1, -0.05) is 42.5 Å². The molecule has 4 rings (SSSR count). The van der Waals surface area contributed by atoms with Crippen LogP contribution in [0.2, 0.25) is 0 Å². The van der Waals surface area contributed by atoms with Gasteiger partial charge in [-0.3, -0.25) is 9.88 Å². The summed E-state index contributed by atoms with van der Waals surface area (Å²) in [5.41, 5.74) is 3.35. The van der Waals surface area contributed by atoms with E-state index in [0.29, 0.717) is 13.1 Å². The van der Waals surface area contributed by atoms with Gasteiger partial charge in [0.2, 0.25) is 0 Å². The van der Waals surface area contributed by atoms with Crippen LogP contribution in [0.25, 0.3) is 0 Å². The molecule has 1 aliphatic rings. The zero-order valence-corrected chi connectivity index (χ0v) is 19.0. The monoisotopic (exact) mass is 444 g/mol. The number of piperazine rings is 1. The van der Waals surface area contributed by atoms with Crippen molar-refractivity contribution < 1.29 is 9.53 Å². The zero-order chi connectivity index (χ0) is 22.7.